The summed E-state index contributed by atoms with van der Waals surface area (Å²) in [6.07, 6.45) is 3.01. The fraction of sp³-hybridized carbons (Fsp3) is 0.364. The maximum Gasteiger partial charge on any atom is 0.340 e. The molecule has 1 aromatic carbocycles. The van der Waals surface area contributed by atoms with E-state index >= 15 is 0 Å². The monoisotopic (exact) mass is 409 g/mol. The first-order valence-electron chi connectivity index (χ1n) is 9.62. The number of hydrogen-bond donors (Lipinski definition) is 1. The number of carbonyl (C=O) groups excluding carboxylic acids is 2. The van der Waals surface area contributed by atoms with Gasteiger partial charge < -0.3 is 10.1 Å². The molecule has 29 heavy (non-hydrogen) atoms. The van der Waals surface area contributed by atoms with Gasteiger partial charge >= 0.3 is 5.97 Å². The van der Waals surface area contributed by atoms with E-state index < -0.39 is 5.97 Å². The number of nitrogens with zero attached hydrogens (tertiary/aromatic N) is 2. The zero-order valence-corrected chi connectivity index (χ0v) is 17.3. The predicted molar refractivity (Wildman–Crippen MR) is 111 cm³/mol. The average molecular weight is 410 g/mol. The van der Waals surface area contributed by atoms with E-state index in [1.165, 1.54) is 29.0 Å². The van der Waals surface area contributed by atoms with E-state index in [2.05, 4.69) is 28.5 Å². The quantitative estimate of drug-likeness (QED) is 0.577. The third-order valence-electron chi connectivity index (χ3n) is 4.84. The molecule has 3 rings (SSSR count). The second-order valence-corrected chi connectivity index (χ2v) is 7.77. The molecule has 0 unspecified atom stereocenters. The molecule has 0 aliphatic heterocycles. The number of carbonyl (C=O) groups is 2. The first kappa shape index (κ1) is 20.9. The highest BCUT2D eigenvalue weighted by Crippen LogP contribution is 2.30. The van der Waals surface area contributed by atoms with Crippen molar-refractivity contribution >= 4 is 23.6 Å². The summed E-state index contributed by atoms with van der Waals surface area (Å²) in [5, 5.41) is 13.0. The number of pyridine rings is 1. The van der Waals surface area contributed by atoms with E-state index in [-0.39, 0.29) is 35.4 Å². The Morgan fingerprint density at radius 2 is 2.17 bits per heavy atom. The number of nitrogens with one attached hydrogen (secondary N) is 1. The molecule has 1 atom stereocenters. The normalized spacial score (nSPS) is 15.1. The summed E-state index contributed by atoms with van der Waals surface area (Å²) in [5.74, 6) is -0.452. The molecule has 0 radical (unpaired) electrons. The Bertz CT molecular complexity index is 968. The van der Waals surface area contributed by atoms with E-state index in [4.69, 9.17) is 4.74 Å². The van der Waals surface area contributed by atoms with Crippen LogP contribution in [0.15, 0.2) is 35.4 Å². The first-order valence-corrected chi connectivity index (χ1v) is 10.6. The lowest BCUT2D eigenvalue weighted by atomic mass is 9.88. The minimum absolute atomic E-state index is 0.0179. The number of aryl methyl sites for hydroxylation is 2. The number of hydrogen-bond acceptors (Lipinski definition) is 6. The number of amides is 1. The van der Waals surface area contributed by atoms with Gasteiger partial charge in [0, 0.05) is 0 Å². The summed E-state index contributed by atoms with van der Waals surface area (Å²) in [5.41, 5.74) is 3.49. The molecule has 1 aromatic heterocycles. The van der Waals surface area contributed by atoms with E-state index in [0.717, 1.165) is 19.3 Å². The number of aromatic nitrogens is 1. The van der Waals surface area contributed by atoms with Crippen molar-refractivity contribution in [1.29, 1.82) is 5.26 Å². The topological polar surface area (TPSA) is 92.1 Å². The summed E-state index contributed by atoms with van der Waals surface area (Å²) in [6, 6.07) is 11.8. The number of ether oxygens (including phenoxy) is 1. The largest absolute Gasteiger partial charge is 0.462 e. The fourth-order valence-electron chi connectivity index (χ4n) is 3.46. The van der Waals surface area contributed by atoms with E-state index in [1.54, 1.807) is 13.8 Å². The second-order valence-electron chi connectivity index (χ2n) is 6.81. The SMILES string of the molecule is CCOC(=O)c1cc(C#N)c(SCC(=O)N[C@@H]2CCCc3ccccc32)nc1C. The zero-order valence-electron chi connectivity index (χ0n) is 16.5. The van der Waals surface area contributed by atoms with Crippen LogP contribution in [0.2, 0.25) is 0 Å². The predicted octanol–water partition coefficient (Wildman–Crippen LogP) is 3.72. The van der Waals surface area contributed by atoms with Crippen molar-refractivity contribution in [2.45, 2.75) is 44.2 Å². The smallest absolute Gasteiger partial charge is 0.340 e. The van der Waals surface area contributed by atoms with Crippen LogP contribution in [-0.2, 0) is 16.0 Å². The molecule has 1 aliphatic carbocycles. The standard InChI is InChI=1S/C22H23N3O3S/c1-3-28-22(27)18-11-16(12-23)21(24-14(18)2)29-13-20(26)25-19-10-6-8-15-7-4-5-9-17(15)19/h4-5,7,9,11,19H,3,6,8,10,13H2,1-2H3,(H,25,26)/t19-/m1/s1. The van der Waals surface area contributed by atoms with Gasteiger partial charge in [-0.05, 0) is 50.3 Å². The molecule has 1 N–H and O–H groups in total. The van der Waals surface area contributed by atoms with Gasteiger partial charge in [0.05, 0.1) is 35.2 Å². The lowest BCUT2D eigenvalue weighted by Gasteiger charge is -2.26. The minimum atomic E-state index is -0.501. The maximum absolute atomic E-state index is 12.5. The van der Waals surface area contributed by atoms with Crippen LogP contribution in [0.3, 0.4) is 0 Å². The fourth-order valence-corrected chi connectivity index (χ4v) is 4.28. The molecule has 0 fully saturated rings. The molecule has 1 amide bonds. The molecule has 0 saturated carbocycles. The van der Waals surface area contributed by atoms with E-state index in [9.17, 15) is 14.9 Å². The van der Waals surface area contributed by atoms with Gasteiger partial charge in [-0.2, -0.15) is 5.26 Å². The van der Waals surface area contributed by atoms with Gasteiger partial charge in [0.1, 0.15) is 11.1 Å². The Hall–Kier alpha value is -2.85. The molecule has 1 heterocycles. The van der Waals surface area contributed by atoms with Crippen molar-refractivity contribution in [2.24, 2.45) is 0 Å². The van der Waals surface area contributed by atoms with Crippen molar-refractivity contribution < 1.29 is 14.3 Å². The Balaban J connectivity index is 1.67. The van der Waals surface area contributed by atoms with Gasteiger partial charge in [0.2, 0.25) is 5.91 Å². The van der Waals surface area contributed by atoms with Gasteiger partial charge in [0.15, 0.2) is 0 Å². The van der Waals surface area contributed by atoms with Crippen LogP contribution >= 0.6 is 11.8 Å². The lowest BCUT2D eigenvalue weighted by molar-refractivity contribution is -0.119. The summed E-state index contributed by atoms with van der Waals surface area (Å²) in [7, 11) is 0. The van der Waals surface area contributed by atoms with Gasteiger partial charge in [-0.3, -0.25) is 4.79 Å². The summed E-state index contributed by atoms with van der Waals surface area (Å²) in [4.78, 5) is 28.9. The maximum atomic E-state index is 12.5. The van der Waals surface area contributed by atoms with Crippen molar-refractivity contribution in [2.75, 3.05) is 12.4 Å². The third kappa shape index (κ3) is 4.96. The van der Waals surface area contributed by atoms with E-state index in [1.807, 2.05) is 12.1 Å². The van der Waals surface area contributed by atoms with Crippen LogP contribution in [0.1, 0.15) is 58.5 Å². The minimum Gasteiger partial charge on any atom is -0.462 e. The molecule has 0 bridgehead atoms. The summed E-state index contributed by atoms with van der Waals surface area (Å²) < 4.78 is 5.00. The summed E-state index contributed by atoms with van der Waals surface area (Å²) in [6.45, 7) is 3.66. The molecular weight excluding hydrogens is 386 g/mol. The van der Waals surface area contributed by atoms with Crippen LogP contribution in [-0.4, -0.2) is 29.2 Å². The van der Waals surface area contributed by atoms with Gasteiger partial charge in [0.25, 0.3) is 0 Å². The Morgan fingerprint density at radius 1 is 1.38 bits per heavy atom. The molecule has 0 spiro atoms. The molecule has 2 aromatic rings. The number of benzene rings is 1. The van der Waals surface area contributed by atoms with E-state index in [0.29, 0.717) is 10.7 Å². The van der Waals surface area contributed by atoms with Crippen LogP contribution in [0.5, 0.6) is 0 Å². The van der Waals surface area contributed by atoms with Crippen LogP contribution in [0.4, 0.5) is 0 Å². The Labute approximate surface area is 174 Å². The molecule has 1 aliphatic rings. The number of fused-ring (bicyclic) bond motifs is 1. The third-order valence-corrected chi connectivity index (χ3v) is 5.83. The molecule has 7 heteroatoms. The van der Waals surface area contributed by atoms with Crippen LogP contribution in [0, 0.1) is 18.3 Å². The number of rotatable bonds is 6. The summed E-state index contributed by atoms with van der Waals surface area (Å²) >= 11 is 1.20. The number of nitriles is 1. The zero-order chi connectivity index (χ0) is 20.8. The first-order chi connectivity index (χ1) is 14.0. The van der Waals surface area contributed by atoms with Crippen molar-refractivity contribution in [3.05, 3.63) is 58.3 Å². The highest BCUT2D eigenvalue weighted by Gasteiger charge is 2.22. The van der Waals surface area contributed by atoms with Crippen LogP contribution in [0.25, 0.3) is 0 Å². The number of esters is 1. The van der Waals surface area contributed by atoms with Crippen molar-refractivity contribution in [3.63, 3.8) is 0 Å². The van der Waals surface area contributed by atoms with Gasteiger partial charge in [-0.25, -0.2) is 9.78 Å². The highest BCUT2D eigenvalue weighted by atomic mass is 32.2. The lowest BCUT2D eigenvalue weighted by Crippen LogP contribution is -2.32. The highest BCUT2D eigenvalue weighted by molar-refractivity contribution is 8.00. The average Bonchev–Trinajstić information content (AvgIpc) is 2.72. The van der Waals surface area contributed by atoms with Gasteiger partial charge in [-0.15, -0.1) is 0 Å². The molecular formula is C22H23N3O3S. The Kier molecular flexibility index (Phi) is 6.89. The molecule has 150 valence electrons. The van der Waals surface area contributed by atoms with Crippen molar-refractivity contribution in [1.82, 2.24) is 10.3 Å². The Morgan fingerprint density at radius 3 is 2.93 bits per heavy atom. The molecule has 6 nitrogen and oxygen atoms in total. The van der Waals surface area contributed by atoms with Crippen molar-refractivity contribution in [3.8, 4) is 6.07 Å². The number of thioether (sulfide) groups is 1. The second kappa shape index (κ2) is 9.57. The van der Waals surface area contributed by atoms with Gasteiger partial charge in [-0.1, -0.05) is 36.0 Å². The molecule has 0 saturated heterocycles. The van der Waals surface area contributed by atoms with Crippen LogP contribution < -0.4 is 5.32 Å².